The van der Waals surface area contributed by atoms with E-state index in [1.54, 1.807) is 12.1 Å². The van der Waals surface area contributed by atoms with E-state index in [-0.39, 0.29) is 11.5 Å². The molecule has 0 atom stereocenters. The first-order chi connectivity index (χ1) is 8.00. The van der Waals surface area contributed by atoms with Gasteiger partial charge in [0.2, 0.25) is 5.91 Å². The number of halogens is 1. The third-order valence-corrected chi connectivity index (χ3v) is 2.26. The summed E-state index contributed by atoms with van der Waals surface area (Å²) in [7, 11) is 0. The van der Waals surface area contributed by atoms with Gasteiger partial charge in [-0.15, -0.1) is 0 Å². The average Bonchev–Trinajstić information content (AvgIpc) is 2.25. The van der Waals surface area contributed by atoms with Gasteiger partial charge in [-0.25, -0.2) is 4.79 Å². The first-order valence-corrected chi connectivity index (χ1v) is 5.39. The highest BCUT2D eigenvalue weighted by Crippen LogP contribution is 2.20. The largest absolute Gasteiger partial charge is 0.478 e. The van der Waals surface area contributed by atoms with Gasteiger partial charge in [0, 0.05) is 30.7 Å². The molecule has 92 valence electrons. The summed E-state index contributed by atoms with van der Waals surface area (Å²) in [6.07, 6.45) is 0. The molecule has 0 bridgehead atoms. The van der Waals surface area contributed by atoms with E-state index < -0.39 is 5.97 Å². The molecule has 0 unspecified atom stereocenters. The van der Waals surface area contributed by atoms with Gasteiger partial charge in [-0.1, -0.05) is 11.6 Å². The molecule has 1 aromatic rings. The maximum Gasteiger partial charge on any atom is 0.337 e. The predicted octanol–water partition coefficient (Wildman–Crippen LogP) is 1.59. The number of hydrogen-bond donors (Lipinski definition) is 3. The van der Waals surface area contributed by atoms with Gasteiger partial charge in [0.1, 0.15) is 0 Å². The van der Waals surface area contributed by atoms with Gasteiger partial charge in [-0.3, -0.25) is 4.79 Å². The van der Waals surface area contributed by atoms with E-state index in [1.165, 1.54) is 13.0 Å². The van der Waals surface area contributed by atoms with Crippen LogP contribution in [0.25, 0.3) is 0 Å². The molecular formula is C11H13ClN2O3. The van der Waals surface area contributed by atoms with Crippen molar-refractivity contribution in [3.8, 4) is 0 Å². The van der Waals surface area contributed by atoms with Gasteiger partial charge in [0.15, 0.2) is 0 Å². The van der Waals surface area contributed by atoms with Crippen LogP contribution < -0.4 is 10.6 Å². The quantitative estimate of drug-likeness (QED) is 0.699. The van der Waals surface area contributed by atoms with Crippen LogP contribution in [0.5, 0.6) is 0 Å². The Bertz CT molecular complexity index is 435. The number of carboxylic acids is 1. The molecule has 0 fully saturated rings. The van der Waals surface area contributed by atoms with E-state index in [0.717, 1.165) is 0 Å². The molecule has 0 saturated heterocycles. The first-order valence-electron chi connectivity index (χ1n) is 5.02. The molecule has 1 rings (SSSR count). The summed E-state index contributed by atoms with van der Waals surface area (Å²) in [5, 5.41) is 14.9. The van der Waals surface area contributed by atoms with E-state index in [2.05, 4.69) is 10.6 Å². The van der Waals surface area contributed by atoms with Crippen LogP contribution in [0.4, 0.5) is 5.69 Å². The lowest BCUT2D eigenvalue weighted by molar-refractivity contribution is -0.118. The fourth-order valence-corrected chi connectivity index (χ4v) is 1.46. The molecule has 0 aromatic heterocycles. The molecule has 3 N–H and O–H groups in total. The number of aromatic carboxylic acids is 1. The number of carbonyl (C=O) groups excluding carboxylic acids is 1. The number of hydrogen-bond acceptors (Lipinski definition) is 3. The molecule has 17 heavy (non-hydrogen) atoms. The fourth-order valence-electron chi connectivity index (χ4n) is 1.28. The Morgan fingerprint density at radius 3 is 2.65 bits per heavy atom. The second-order valence-electron chi connectivity index (χ2n) is 3.40. The predicted molar refractivity (Wildman–Crippen MR) is 65.6 cm³/mol. The van der Waals surface area contributed by atoms with Crippen molar-refractivity contribution in [2.45, 2.75) is 6.92 Å². The van der Waals surface area contributed by atoms with Gasteiger partial charge in [-0.2, -0.15) is 0 Å². The molecular weight excluding hydrogens is 244 g/mol. The smallest absolute Gasteiger partial charge is 0.337 e. The van der Waals surface area contributed by atoms with Crippen molar-refractivity contribution in [2.24, 2.45) is 0 Å². The van der Waals surface area contributed by atoms with Crippen LogP contribution in [0.15, 0.2) is 18.2 Å². The molecule has 6 heteroatoms. The van der Waals surface area contributed by atoms with Crippen LogP contribution in [0.2, 0.25) is 5.02 Å². The number of rotatable bonds is 5. The van der Waals surface area contributed by atoms with Gasteiger partial charge in [0.05, 0.1) is 5.56 Å². The van der Waals surface area contributed by atoms with E-state index in [9.17, 15) is 9.59 Å². The number of carbonyl (C=O) groups is 2. The van der Waals surface area contributed by atoms with Crippen LogP contribution in [0.1, 0.15) is 17.3 Å². The lowest BCUT2D eigenvalue weighted by Gasteiger charge is -2.10. The van der Waals surface area contributed by atoms with E-state index in [1.807, 2.05) is 0 Å². The normalized spacial score (nSPS) is 9.76. The van der Waals surface area contributed by atoms with Crippen molar-refractivity contribution >= 4 is 29.2 Å². The highest BCUT2D eigenvalue weighted by Gasteiger charge is 2.09. The first kappa shape index (κ1) is 13.3. The molecule has 0 saturated carbocycles. The monoisotopic (exact) mass is 256 g/mol. The van der Waals surface area contributed by atoms with Gasteiger partial charge in [-0.05, 0) is 18.2 Å². The second kappa shape index (κ2) is 6.10. The van der Waals surface area contributed by atoms with Gasteiger partial charge in [0.25, 0.3) is 0 Å². The lowest BCUT2D eigenvalue weighted by Crippen LogP contribution is -2.26. The molecule has 0 aliphatic carbocycles. The minimum Gasteiger partial charge on any atom is -0.478 e. The summed E-state index contributed by atoms with van der Waals surface area (Å²) in [6.45, 7) is 2.30. The summed E-state index contributed by atoms with van der Waals surface area (Å²) in [6, 6.07) is 4.58. The van der Waals surface area contributed by atoms with Crippen LogP contribution in [-0.2, 0) is 4.79 Å². The summed E-state index contributed by atoms with van der Waals surface area (Å²) < 4.78 is 0. The third-order valence-electron chi connectivity index (χ3n) is 2.03. The molecule has 0 aliphatic rings. The van der Waals surface area contributed by atoms with Crippen LogP contribution in [-0.4, -0.2) is 30.1 Å². The SMILES string of the molecule is CC(=O)NCCNc1ccc(Cl)cc1C(=O)O. The van der Waals surface area contributed by atoms with Crippen LogP contribution in [0, 0.1) is 0 Å². The number of nitrogens with one attached hydrogen (secondary N) is 2. The Labute approximate surface area is 104 Å². The topological polar surface area (TPSA) is 78.4 Å². The molecule has 0 heterocycles. The molecule has 0 radical (unpaired) electrons. The maximum atomic E-state index is 10.9. The van der Waals surface area contributed by atoms with Crippen molar-refractivity contribution in [2.75, 3.05) is 18.4 Å². The summed E-state index contributed by atoms with van der Waals surface area (Å²) in [4.78, 5) is 21.6. The van der Waals surface area contributed by atoms with Gasteiger partial charge >= 0.3 is 5.97 Å². The molecule has 1 aromatic carbocycles. The maximum absolute atomic E-state index is 10.9. The van der Waals surface area contributed by atoms with Gasteiger partial charge < -0.3 is 15.7 Å². The molecule has 0 aliphatic heterocycles. The Kier molecular flexibility index (Phi) is 4.78. The number of carboxylic acid groups (broad SMARTS) is 1. The summed E-state index contributed by atoms with van der Waals surface area (Å²) >= 11 is 5.72. The average molecular weight is 257 g/mol. The highest BCUT2D eigenvalue weighted by molar-refractivity contribution is 6.31. The molecule has 0 spiro atoms. The van der Waals surface area contributed by atoms with E-state index in [4.69, 9.17) is 16.7 Å². The zero-order valence-electron chi connectivity index (χ0n) is 9.29. The Balaban J connectivity index is 2.64. The van der Waals surface area contributed by atoms with Crippen LogP contribution in [0.3, 0.4) is 0 Å². The summed E-state index contributed by atoms with van der Waals surface area (Å²) in [5.41, 5.74) is 0.590. The Morgan fingerprint density at radius 2 is 2.06 bits per heavy atom. The van der Waals surface area contributed by atoms with E-state index >= 15 is 0 Å². The summed E-state index contributed by atoms with van der Waals surface area (Å²) in [5.74, 6) is -1.17. The van der Waals surface area contributed by atoms with Crippen molar-refractivity contribution in [3.63, 3.8) is 0 Å². The van der Waals surface area contributed by atoms with Crippen LogP contribution >= 0.6 is 11.6 Å². The zero-order chi connectivity index (χ0) is 12.8. The van der Waals surface area contributed by atoms with Crippen molar-refractivity contribution in [1.29, 1.82) is 0 Å². The van der Waals surface area contributed by atoms with Crippen molar-refractivity contribution in [1.82, 2.24) is 5.32 Å². The number of benzene rings is 1. The minimum absolute atomic E-state index is 0.111. The van der Waals surface area contributed by atoms with Crippen molar-refractivity contribution < 1.29 is 14.7 Å². The zero-order valence-corrected chi connectivity index (χ0v) is 10.0. The Morgan fingerprint density at radius 1 is 1.35 bits per heavy atom. The second-order valence-corrected chi connectivity index (χ2v) is 3.84. The fraction of sp³-hybridized carbons (Fsp3) is 0.273. The van der Waals surface area contributed by atoms with Crippen molar-refractivity contribution in [3.05, 3.63) is 28.8 Å². The number of amides is 1. The molecule has 1 amide bonds. The molecule has 5 nitrogen and oxygen atoms in total. The standard InChI is InChI=1S/C11H13ClN2O3/c1-7(15)13-4-5-14-10-3-2-8(12)6-9(10)11(16)17/h2-3,6,14H,4-5H2,1H3,(H,13,15)(H,16,17). The number of anilines is 1. The highest BCUT2D eigenvalue weighted by atomic mass is 35.5. The minimum atomic E-state index is -1.05. The van der Waals surface area contributed by atoms with E-state index in [0.29, 0.717) is 23.8 Å². The lowest BCUT2D eigenvalue weighted by atomic mass is 10.2. The Hall–Kier alpha value is -1.75. The third kappa shape index (κ3) is 4.32.